The molecule has 0 fully saturated rings. The number of halogens is 1. The molecule has 1 aromatic rings. The van der Waals surface area contributed by atoms with Crippen LogP contribution < -0.4 is 10.6 Å². The van der Waals surface area contributed by atoms with E-state index in [0.29, 0.717) is 5.11 Å². The van der Waals surface area contributed by atoms with Gasteiger partial charge in [0, 0.05) is 11.5 Å². The minimum Gasteiger partial charge on any atom is -0.366 e. The highest BCUT2D eigenvalue weighted by Gasteiger charge is 2.09. The van der Waals surface area contributed by atoms with Crippen LogP contribution in [0.4, 0.5) is 0 Å². The Morgan fingerprint density at radius 3 is 2.47 bits per heavy atom. The van der Waals surface area contributed by atoms with E-state index in [2.05, 4.69) is 45.6 Å². The third-order valence-electron chi connectivity index (χ3n) is 2.21. The summed E-state index contributed by atoms with van der Waals surface area (Å²) in [6.45, 7) is 2.14. The molecule has 15 heavy (non-hydrogen) atoms. The molecule has 2 N–H and O–H groups in total. The second kappa shape index (κ2) is 6.08. The first-order valence-corrected chi connectivity index (χ1v) is 6.11. The summed E-state index contributed by atoms with van der Waals surface area (Å²) in [7, 11) is 1.82. The van der Waals surface area contributed by atoms with Gasteiger partial charge < -0.3 is 10.6 Å². The van der Waals surface area contributed by atoms with E-state index in [0.717, 1.165) is 10.9 Å². The summed E-state index contributed by atoms with van der Waals surface area (Å²) in [5.74, 6) is 0. The number of thiocarbonyl (C=S) groups is 1. The van der Waals surface area contributed by atoms with Gasteiger partial charge in [0.05, 0.1) is 6.04 Å². The second-order valence-electron chi connectivity index (χ2n) is 3.24. The van der Waals surface area contributed by atoms with E-state index in [9.17, 15) is 0 Å². The van der Waals surface area contributed by atoms with Crippen LogP contribution in [0.25, 0.3) is 0 Å². The lowest BCUT2D eigenvalue weighted by Crippen LogP contribution is -2.35. The molecule has 4 heteroatoms. The first-order chi connectivity index (χ1) is 7.17. The van der Waals surface area contributed by atoms with Crippen LogP contribution in [0.3, 0.4) is 0 Å². The van der Waals surface area contributed by atoms with Gasteiger partial charge in [-0.15, -0.1) is 0 Å². The van der Waals surface area contributed by atoms with Crippen LogP contribution in [0, 0.1) is 0 Å². The van der Waals surface area contributed by atoms with Crippen LogP contribution in [-0.4, -0.2) is 12.2 Å². The zero-order chi connectivity index (χ0) is 11.3. The van der Waals surface area contributed by atoms with Crippen LogP contribution in [0.1, 0.15) is 24.9 Å². The molecule has 0 amide bonds. The maximum atomic E-state index is 5.09. The van der Waals surface area contributed by atoms with Gasteiger partial charge >= 0.3 is 0 Å². The summed E-state index contributed by atoms with van der Waals surface area (Å²) in [5, 5.41) is 6.86. The van der Waals surface area contributed by atoms with E-state index in [1.54, 1.807) is 0 Å². The van der Waals surface area contributed by atoms with E-state index in [-0.39, 0.29) is 6.04 Å². The van der Waals surface area contributed by atoms with Crippen molar-refractivity contribution in [2.75, 3.05) is 7.05 Å². The molecule has 0 spiro atoms. The summed E-state index contributed by atoms with van der Waals surface area (Å²) in [6, 6.07) is 8.56. The molecule has 1 aromatic carbocycles. The largest absolute Gasteiger partial charge is 0.366 e. The first-order valence-electron chi connectivity index (χ1n) is 4.91. The summed E-state index contributed by atoms with van der Waals surface area (Å²) in [6.07, 6.45) is 1.00. The number of hydrogen-bond donors (Lipinski definition) is 2. The molecular formula is C11H15BrN2S. The van der Waals surface area contributed by atoms with E-state index in [1.807, 2.05) is 19.2 Å². The second-order valence-corrected chi connectivity index (χ2v) is 4.56. The van der Waals surface area contributed by atoms with Crippen LogP contribution in [0.2, 0.25) is 0 Å². The average molecular weight is 287 g/mol. The predicted octanol–water partition coefficient (Wildman–Crippen LogP) is 2.99. The first kappa shape index (κ1) is 12.5. The molecule has 0 aliphatic rings. The number of hydrogen-bond acceptors (Lipinski definition) is 1. The fourth-order valence-electron chi connectivity index (χ4n) is 1.35. The molecule has 2 nitrogen and oxygen atoms in total. The van der Waals surface area contributed by atoms with Gasteiger partial charge in [-0.25, -0.2) is 0 Å². The van der Waals surface area contributed by atoms with Gasteiger partial charge in [0.15, 0.2) is 5.11 Å². The van der Waals surface area contributed by atoms with Crippen molar-refractivity contribution in [3.8, 4) is 0 Å². The lowest BCUT2D eigenvalue weighted by Gasteiger charge is -2.18. The molecule has 82 valence electrons. The predicted molar refractivity (Wildman–Crippen MR) is 72.0 cm³/mol. The topological polar surface area (TPSA) is 24.1 Å². The monoisotopic (exact) mass is 286 g/mol. The van der Waals surface area contributed by atoms with Crippen molar-refractivity contribution in [1.82, 2.24) is 10.6 Å². The van der Waals surface area contributed by atoms with Crippen LogP contribution in [-0.2, 0) is 0 Å². The Morgan fingerprint density at radius 2 is 2.00 bits per heavy atom. The van der Waals surface area contributed by atoms with Gasteiger partial charge in [0.1, 0.15) is 0 Å². The Balaban J connectivity index is 2.74. The van der Waals surface area contributed by atoms with Crippen molar-refractivity contribution in [3.63, 3.8) is 0 Å². The minimum atomic E-state index is 0.276. The molecule has 0 aromatic heterocycles. The third-order valence-corrected chi connectivity index (χ3v) is 3.06. The summed E-state index contributed by atoms with van der Waals surface area (Å²) < 4.78 is 1.09. The van der Waals surface area contributed by atoms with Gasteiger partial charge in [-0.2, -0.15) is 0 Å². The highest BCUT2D eigenvalue weighted by molar-refractivity contribution is 9.10. The highest BCUT2D eigenvalue weighted by Crippen LogP contribution is 2.19. The van der Waals surface area contributed by atoms with Gasteiger partial charge in [-0.05, 0) is 36.3 Å². The van der Waals surface area contributed by atoms with Gasteiger partial charge in [0.25, 0.3) is 0 Å². The summed E-state index contributed by atoms with van der Waals surface area (Å²) >= 11 is 8.51. The normalized spacial score (nSPS) is 11.9. The Labute approximate surface area is 105 Å². The van der Waals surface area contributed by atoms with Crippen molar-refractivity contribution in [1.29, 1.82) is 0 Å². The van der Waals surface area contributed by atoms with Crippen LogP contribution in [0.5, 0.6) is 0 Å². The fourth-order valence-corrected chi connectivity index (χ4v) is 1.75. The zero-order valence-electron chi connectivity index (χ0n) is 8.88. The van der Waals surface area contributed by atoms with E-state index in [1.165, 1.54) is 5.56 Å². The SMILES string of the molecule is CC[C@H](NC(=S)NC)c1ccc(Br)cc1. The van der Waals surface area contributed by atoms with Crippen molar-refractivity contribution < 1.29 is 0 Å². The lowest BCUT2D eigenvalue weighted by molar-refractivity contribution is 0.621. The van der Waals surface area contributed by atoms with Crippen molar-refractivity contribution in [3.05, 3.63) is 34.3 Å². The molecule has 0 saturated heterocycles. The molecular weight excluding hydrogens is 272 g/mol. The maximum Gasteiger partial charge on any atom is 0.166 e. The zero-order valence-corrected chi connectivity index (χ0v) is 11.3. The lowest BCUT2D eigenvalue weighted by atomic mass is 10.1. The smallest absolute Gasteiger partial charge is 0.166 e. The van der Waals surface area contributed by atoms with E-state index in [4.69, 9.17) is 12.2 Å². The van der Waals surface area contributed by atoms with Gasteiger partial charge in [-0.1, -0.05) is 35.0 Å². The average Bonchev–Trinajstić information content (AvgIpc) is 2.27. The number of rotatable bonds is 3. The van der Waals surface area contributed by atoms with Crippen molar-refractivity contribution in [2.45, 2.75) is 19.4 Å². The molecule has 0 unspecified atom stereocenters. The molecule has 0 radical (unpaired) electrons. The summed E-state index contributed by atoms with van der Waals surface area (Å²) in [5.41, 5.74) is 1.25. The molecule has 0 bridgehead atoms. The fraction of sp³-hybridized carbons (Fsp3) is 0.364. The quantitative estimate of drug-likeness (QED) is 0.836. The maximum absolute atomic E-state index is 5.09. The summed E-state index contributed by atoms with van der Waals surface area (Å²) in [4.78, 5) is 0. The third kappa shape index (κ3) is 3.80. The standard InChI is InChI=1S/C11H15BrN2S/c1-3-10(14-11(15)13-2)8-4-6-9(12)7-5-8/h4-7,10H,3H2,1-2H3,(H2,13,14,15)/t10-/m0/s1. The number of benzene rings is 1. The van der Waals surface area contributed by atoms with Gasteiger partial charge in [0.2, 0.25) is 0 Å². The van der Waals surface area contributed by atoms with Crippen LogP contribution in [0.15, 0.2) is 28.7 Å². The highest BCUT2D eigenvalue weighted by atomic mass is 79.9. The Bertz CT molecular complexity index is 324. The molecule has 0 aliphatic carbocycles. The minimum absolute atomic E-state index is 0.276. The Hall–Kier alpha value is -0.610. The molecule has 1 atom stereocenters. The van der Waals surface area contributed by atoms with E-state index >= 15 is 0 Å². The molecule has 0 heterocycles. The van der Waals surface area contributed by atoms with Crippen molar-refractivity contribution >= 4 is 33.3 Å². The van der Waals surface area contributed by atoms with Gasteiger partial charge in [-0.3, -0.25) is 0 Å². The molecule has 0 saturated carbocycles. The Morgan fingerprint density at radius 1 is 1.40 bits per heavy atom. The molecule has 0 aliphatic heterocycles. The Kier molecular flexibility index (Phi) is 5.05. The van der Waals surface area contributed by atoms with Crippen molar-refractivity contribution in [2.24, 2.45) is 0 Å². The molecule has 1 rings (SSSR count). The number of nitrogens with one attached hydrogen (secondary N) is 2. The van der Waals surface area contributed by atoms with E-state index < -0.39 is 0 Å². The van der Waals surface area contributed by atoms with Crippen LogP contribution >= 0.6 is 28.1 Å².